The minimum absolute atomic E-state index is 0.185. The first-order valence-corrected chi connectivity index (χ1v) is 8.30. The Morgan fingerprint density at radius 2 is 2.05 bits per heavy atom. The molecule has 0 unspecified atom stereocenters. The number of aliphatic hydroxyl groups excluding tert-OH is 1. The number of β-amino-alcohol motifs (C(OH)–C–C–N with tert-alkyl or cyclic N) is 1. The van der Waals surface area contributed by atoms with E-state index in [0.29, 0.717) is 18.4 Å². The monoisotopic (exact) mass is 302 g/mol. The van der Waals surface area contributed by atoms with E-state index in [1.165, 1.54) is 11.1 Å². The van der Waals surface area contributed by atoms with E-state index in [0.717, 1.165) is 32.6 Å². The van der Waals surface area contributed by atoms with E-state index in [-0.39, 0.29) is 12.0 Å². The molecule has 1 aromatic carbocycles. The predicted molar refractivity (Wildman–Crippen MR) is 86.7 cm³/mol. The van der Waals surface area contributed by atoms with Crippen LogP contribution in [0.4, 0.5) is 0 Å². The summed E-state index contributed by atoms with van der Waals surface area (Å²) in [6.07, 6.45) is 0.701. The van der Waals surface area contributed by atoms with E-state index in [1.54, 1.807) is 0 Å². The largest absolute Gasteiger partial charge is 0.392 e. The van der Waals surface area contributed by atoms with Gasteiger partial charge in [-0.1, -0.05) is 29.8 Å². The van der Waals surface area contributed by atoms with Gasteiger partial charge in [0.25, 0.3) is 0 Å². The summed E-state index contributed by atoms with van der Waals surface area (Å²) in [5, 5.41) is 9.44. The maximum Gasteiger partial charge on any atom is 0.226 e. The average Bonchev–Trinajstić information content (AvgIpc) is 3.27. The van der Waals surface area contributed by atoms with Gasteiger partial charge >= 0.3 is 0 Å². The van der Waals surface area contributed by atoms with Gasteiger partial charge in [-0.2, -0.15) is 0 Å². The highest BCUT2D eigenvalue weighted by Gasteiger charge is 2.46. The normalized spacial score (nSPS) is 26.8. The van der Waals surface area contributed by atoms with Gasteiger partial charge in [-0.3, -0.25) is 9.69 Å². The van der Waals surface area contributed by atoms with Crippen molar-refractivity contribution < 1.29 is 9.90 Å². The Morgan fingerprint density at radius 1 is 1.32 bits per heavy atom. The second-order valence-electron chi connectivity index (χ2n) is 6.84. The minimum Gasteiger partial charge on any atom is -0.392 e. The molecule has 0 radical (unpaired) electrons. The van der Waals surface area contributed by atoms with Crippen molar-refractivity contribution in [2.24, 2.45) is 5.92 Å². The number of carbonyl (C=O) groups is 1. The number of carbonyl (C=O) groups excluding carboxylic acids is 1. The van der Waals surface area contributed by atoms with Crippen LogP contribution >= 0.6 is 0 Å². The highest BCUT2D eigenvalue weighted by molar-refractivity contribution is 5.83. The first-order chi connectivity index (χ1) is 10.5. The van der Waals surface area contributed by atoms with Crippen LogP contribution in [0.5, 0.6) is 0 Å². The SMILES string of the molecule is Cc1cccc([C@@H]2C[C@H]2C(=O)N2CCN(C[C@@H](C)O)CC2)c1. The molecule has 2 aliphatic rings. The number of hydrogen-bond donors (Lipinski definition) is 1. The maximum atomic E-state index is 12.6. The van der Waals surface area contributed by atoms with E-state index < -0.39 is 0 Å². The van der Waals surface area contributed by atoms with Crippen molar-refractivity contribution in [3.8, 4) is 0 Å². The molecule has 1 N–H and O–H groups in total. The second kappa shape index (κ2) is 6.39. The lowest BCUT2D eigenvalue weighted by molar-refractivity contribution is -0.134. The molecule has 3 atom stereocenters. The van der Waals surface area contributed by atoms with Crippen molar-refractivity contribution in [3.63, 3.8) is 0 Å². The number of nitrogens with zero attached hydrogens (tertiary/aromatic N) is 2. The molecular weight excluding hydrogens is 276 g/mol. The summed E-state index contributed by atoms with van der Waals surface area (Å²) in [5.41, 5.74) is 2.58. The molecule has 1 saturated carbocycles. The fourth-order valence-electron chi connectivity index (χ4n) is 3.50. The number of benzene rings is 1. The molecule has 4 heteroatoms. The highest BCUT2D eigenvalue weighted by Crippen LogP contribution is 2.48. The van der Waals surface area contributed by atoms with Gasteiger partial charge in [0.15, 0.2) is 0 Å². The molecule has 22 heavy (non-hydrogen) atoms. The number of aryl methyl sites for hydroxylation is 1. The van der Waals surface area contributed by atoms with E-state index >= 15 is 0 Å². The van der Waals surface area contributed by atoms with Gasteiger partial charge in [0.1, 0.15) is 0 Å². The summed E-state index contributed by atoms with van der Waals surface area (Å²) in [6, 6.07) is 8.54. The maximum absolute atomic E-state index is 12.6. The first-order valence-electron chi connectivity index (χ1n) is 8.30. The quantitative estimate of drug-likeness (QED) is 0.919. The summed E-state index contributed by atoms with van der Waals surface area (Å²) in [4.78, 5) is 16.9. The highest BCUT2D eigenvalue weighted by atomic mass is 16.3. The van der Waals surface area contributed by atoms with Crippen LogP contribution in [-0.2, 0) is 4.79 Å². The van der Waals surface area contributed by atoms with Gasteiger partial charge in [-0.25, -0.2) is 0 Å². The number of aliphatic hydroxyl groups is 1. The molecule has 4 nitrogen and oxygen atoms in total. The van der Waals surface area contributed by atoms with Gasteiger partial charge < -0.3 is 10.0 Å². The summed E-state index contributed by atoms with van der Waals surface area (Å²) in [7, 11) is 0. The minimum atomic E-state index is -0.295. The zero-order valence-corrected chi connectivity index (χ0v) is 13.5. The summed E-state index contributed by atoms with van der Waals surface area (Å²) >= 11 is 0. The zero-order valence-electron chi connectivity index (χ0n) is 13.5. The van der Waals surface area contributed by atoms with Crippen LogP contribution < -0.4 is 0 Å². The Balaban J connectivity index is 1.52. The van der Waals surface area contributed by atoms with Crippen LogP contribution in [0, 0.1) is 12.8 Å². The standard InChI is InChI=1S/C18H26N2O2/c1-13-4-3-5-15(10-13)16-11-17(16)18(22)20-8-6-19(7-9-20)12-14(2)21/h3-5,10,14,16-17,21H,6-9,11-12H2,1-2H3/t14-,16+,17-/m1/s1. The Bertz CT molecular complexity index is 536. The molecule has 1 aromatic rings. The van der Waals surface area contributed by atoms with Gasteiger partial charge in [-0.05, 0) is 31.7 Å². The molecule has 1 amide bonds. The van der Waals surface area contributed by atoms with E-state index in [1.807, 2.05) is 11.8 Å². The van der Waals surface area contributed by atoms with E-state index in [9.17, 15) is 9.90 Å². The average molecular weight is 302 g/mol. The van der Waals surface area contributed by atoms with Crippen LogP contribution in [-0.4, -0.2) is 59.6 Å². The topological polar surface area (TPSA) is 43.8 Å². The van der Waals surface area contributed by atoms with Crippen LogP contribution in [0.3, 0.4) is 0 Å². The number of amides is 1. The van der Waals surface area contributed by atoms with Gasteiger partial charge in [0.05, 0.1) is 6.10 Å². The lowest BCUT2D eigenvalue weighted by Gasteiger charge is -2.35. The van der Waals surface area contributed by atoms with Gasteiger partial charge in [0, 0.05) is 38.6 Å². The number of piperazine rings is 1. The number of rotatable bonds is 4. The molecule has 1 aliphatic carbocycles. The van der Waals surface area contributed by atoms with Crippen LogP contribution in [0.25, 0.3) is 0 Å². The molecule has 0 bridgehead atoms. The summed E-state index contributed by atoms with van der Waals surface area (Å²) in [6.45, 7) is 7.96. The smallest absolute Gasteiger partial charge is 0.226 e. The molecule has 2 fully saturated rings. The van der Waals surface area contributed by atoms with Crippen molar-refractivity contribution in [3.05, 3.63) is 35.4 Å². The Kier molecular flexibility index (Phi) is 4.50. The molecule has 1 heterocycles. The zero-order chi connectivity index (χ0) is 15.7. The number of hydrogen-bond acceptors (Lipinski definition) is 3. The molecular formula is C18H26N2O2. The molecule has 1 aliphatic heterocycles. The van der Waals surface area contributed by atoms with E-state index in [2.05, 4.69) is 36.1 Å². The fraction of sp³-hybridized carbons (Fsp3) is 0.611. The van der Waals surface area contributed by atoms with Crippen molar-refractivity contribution in [2.45, 2.75) is 32.3 Å². The lowest BCUT2D eigenvalue weighted by atomic mass is 10.1. The van der Waals surface area contributed by atoms with Crippen LogP contribution in [0.15, 0.2) is 24.3 Å². The van der Waals surface area contributed by atoms with Gasteiger partial charge in [0.2, 0.25) is 5.91 Å². The van der Waals surface area contributed by atoms with Crippen molar-refractivity contribution in [2.75, 3.05) is 32.7 Å². The third kappa shape index (κ3) is 3.50. The van der Waals surface area contributed by atoms with Crippen LogP contribution in [0.2, 0.25) is 0 Å². The Labute approximate surface area is 132 Å². The van der Waals surface area contributed by atoms with Crippen molar-refractivity contribution in [1.29, 1.82) is 0 Å². The molecule has 120 valence electrons. The summed E-state index contributed by atoms with van der Waals surface area (Å²) in [5.74, 6) is 0.927. The van der Waals surface area contributed by atoms with Gasteiger partial charge in [-0.15, -0.1) is 0 Å². The lowest BCUT2D eigenvalue weighted by Crippen LogP contribution is -2.50. The first kappa shape index (κ1) is 15.5. The van der Waals surface area contributed by atoms with Crippen molar-refractivity contribution >= 4 is 5.91 Å². The molecule has 0 spiro atoms. The third-order valence-electron chi connectivity index (χ3n) is 4.78. The Morgan fingerprint density at radius 3 is 2.68 bits per heavy atom. The van der Waals surface area contributed by atoms with E-state index in [4.69, 9.17) is 0 Å². The molecule has 1 saturated heterocycles. The second-order valence-corrected chi connectivity index (χ2v) is 6.84. The van der Waals surface area contributed by atoms with Crippen LogP contribution in [0.1, 0.15) is 30.4 Å². The molecule has 3 rings (SSSR count). The predicted octanol–water partition coefficient (Wildman–Crippen LogP) is 1.62. The third-order valence-corrected chi connectivity index (χ3v) is 4.78. The summed E-state index contributed by atoms with van der Waals surface area (Å²) < 4.78 is 0. The fourth-order valence-corrected chi connectivity index (χ4v) is 3.50. The van der Waals surface area contributed by atoms with Crippen molar-refractivity contribution in [1.82, 2.24) is 9.80 Å². The molecule has 0 aromatic heterocycles. The Hall–Kier alpha value is -1.39.